The van der Waals surface area contributed by atoms with Gasteiger partial charge in [-0.15, -0.1) is 0 Å². The Morgan fingerprint density at radius 3 is 2.74 bits per heavy atom. The number of hydrogen-bond acceptors (Lipinski definition) is 5. The van der Waals surface area contributed by atoms with Crippen LogP contribution in [0.4, 0.5) is 5.88 Å². The Hall–Kier alpha value is -2.01. The summed E-state index contributed by atoms with van der Waals surface area (Å²) >= 11 is 2.19. The minimum Gasteiger partial charge on any atom is -0.492 e. The summed E-state index contributed by atoms with van der Waals surface area (Å²) in [5.41, 5.74) is 2.13. The van der Waals surface area contributed by atoms with Gasteiger partial charge in [-0.1, -0.05) is 0 Å². The van der Waals surface area contributed by atoms with Gasteiger partial charge in [0, 0.05) is 11.8 Å². The molecule has 2 aromatic rings. The molecule has 0 unspecified atom stereocenters. The van der Waals surface area contributed by atoms with E-state index in [1.165, 1.54) is 0 Å². The lowest BCUT2D eigenvalue weighted by Gasteiger charge is -2.11. The molecular formula is C17H17IN2O3. The van der Waals surface area contributed by atoms with Gasteiger partial charge < -0.3 is 13.9 Å². The average molecular weight is 424 g/mol. The van der Waals surface area contributed by atoms with E-state index in [4.69, 9.17) is 13.9 Å². The fraction of sp³-hybridized carbons (Fsp3) is 0.294. The number of hydrogen-bond donors (Lipinski definition) is 0. The minimum atomic E-state index is 0.325. The van der Waals surface area contributed by atoms with Crippen LogP contribution in [0.15, 0.2) is 21.5 Å². The van der Waals surface area contributed by atoms with Crippen molar-refractivity contribution in [1.29, 1.82) is 5.26 Å². The lowest BCUT2D eigenvalue weighted by molar-refractivity contribution is 0.309. The number of furan rings is 1. The molecular weight excluding hydrogens is 407 g/mol. The molecule has 0 N–H and O–H groups in total. The fourth-order valence-corrected chi connectivity index (χ4v) is 2.93. The van der Waals surface area contributed by atoms with E-state index in [2.05, 4.69) is 33.7 Å². The maximum Gasteiger partial charge on any atom is 0.237 e. The van der Waals surface area contributed by atoms with Gasteiger partial charge in [0.1, 0.15) is 17.4 Å². The van der Waals surface area contributed by atoms with E-state index in [0.29, 0.717) is 35.3 Å². The standard InChI is InChI=1S/C17H17IN2O3/c1-5-22-15-7-12(6-14(18)16(15)21-4)9-20-17-13(8-19)10(2)11(3)23-17/h6-7,9H,5H2,1-4H3. The first-order valence-corrected chi connectivity index (χ1v) is 8.14. The normalized spacial score (nSPS) is 10.8. The number of ether oxygens (including phenoxy) is 2. The molecule has 0 amide bonds. The quantitative estimate of drug-likeness (QED) is 0.523. The van der Waals surface area contributed by atoms with Crippen molar-refractivity contribution in [2.24, 2.45) is 4.99 Å². The molecule has 0 fully saturated rings. The van der Waals surface area contributed by atoms with Gasteiger partial charge in [0.2, 0.25) is 5.88 Å². The molecule has 1 aromatic heterocycles. The van der Waals surface area contributed by atoms with E-state index >= 15 is 0 Å². The molecule has 23 heavy (non-hydrogen) atoms. The molecule has 6 heteroatoms. The molecule has 1 aromatic carbocycles. The number of nitriles is 1. The fourth-order valence-electron chi connectivity index (χ4n) is 2.09. The second kappa shape index (κ2) is 7.51. The van der Waals surface area contributed by atoms with E-state index in [0.717, 1.165) is 14.7 Å². The summed E-state index contributed by atoms with van der Waals surface area (Å²) in [6, 6.07) is 5.91. The van der Waals surface area contributed by atoms with Crippen LogP contribution in [-0.2, 0) is 0 Å². The highest BCUT2D eigenvalue weighted by Crippen LogP contribution is 2.34. The summed E-state index contributed by atoms with van der Waals surface area (Å²) in [5.74, 6) is 2.39. The molecule has 0 radical (unpaired) electrons. The first-order chi connectivity index (χ1) is 11.0. The lowest BCUT2D eigenvalue weighted by atomic mass is 10.2. The first kappa shape index (κ1) is 17.3. The second-order valence-electron chi connectivity index (χ2n) is 4.80. The van der Waals surface area contributed by atoms with Gasteiger partial charge in [-0.05, 0) is 61.1 Å². The number of rotatable bonds is 5. The number of aryl methyl sites for hydroxylation is 1. The molecule has 0 atom stereocenters. The summed E-state index contributed by atoms with van der Waals surface area (Å²) in [7, 11) is 1.61. The zero-order valence-electron chi connectivity index (χ0n) is 13.4. The Kier molecular flexibility index (Phi) is 5.66. The Bertz CT molecular complexity index is 788. The van der Waals surface area contributed by atoms with Crippen molar-refractivity contribution in [3.05, 3.63) is 38.2 Å². The van der Waals surface area contributed by atoms with E-state index in [9.17, 15) is 5.26 Å². The molecule has 2 rings (SSSR count). The van der Waals surface area contributed by atoms with Crippen molar-refractivity contribution in [2.75, 3.05) is 13.7 Å². The van der Waals surface area contributed by atoms with Gasteiger partial charge in [-0.3, -0.25) is 0 Å². The van der Waals surface area contributed by atoms with Gasteiger partial charge in [0.15, 0.2) is 11.5 Å². The van der Waals surface area contributed by atoms with Crippen LogP contribution in [0.3, 0.4) is 0 Å². The second-order valence-corrected chi connectivity index (χ2v) is 5.96. The van der Waals surface area contributed by atoms with Crippen LogP contribution in [0, 0.1) is 28.7 Å². The monoisotopic (exact) mass is 424 g/mol. The molecule has 1 heterocycles. The van der Waals surface area contributed by atoms with Crippen molar-refractivity contribution >= 4 is 34.7 Å². The SMILES string of the molecule is CCOc1cc(C=Nc2oc(C)c(C)c2C#N)cc(I)c1OC. The van der Waals surface area contributed by atoms with E-state index in [1.807, 2.05) is 32.9 Å². The highest BCUT2D eigenvalue weighted by atomic mass is 127. The summed E-state index contributed by atoms with van der Waals surface area (Å²) < 4.78 is 17.4. The third-order valence-corrected chi connectivity index (χ3v) is 4.15. The molecule has 0 aliphatic carbocycles. The Labute approximate surface area is 149 Å². The number of nitrogens with zero attached hydrogens (tertiary/aromatic N) is 2. The maximum absolute atomic E-state index is 9.21. The first-order valence-electron chi connectivity index (χ1n) is 7.06. The molecule has 0 spiro atoms. The zero-order chi connectivity index (χ0) is 17.0. The highest BCUT2D eigenvalue weighted by Gasteiger charge is 2.14. The largest absolute Gasteiger partial charge is 0.492 e. The van der Waals surface area contributed by atoms with Crippen molar-refractivity contribution < 1.29 is 13.9 Å². The summed E-state index contributed by atoms with van der Waals surface area (Å²) in [6.07, 6.45) is 1.66. The Morgan fingerprint density at radius 2 is 2.13 bits per heavy atom. The minimum absolute atomic E-state index is 0.325. The third-order valence-electron chi connectivity index (χ3n) is 3.35. The highest BCUT2D eigenvalue weighted by molar-refractivity contribution is 14.1. The van der Waals surface area contributed by atoms with Gasteiger partial charge in [-0.25, -0.2) is 4.99 Å². The predicted molar refractivity (Wildman–Crippen MR) is 97.0 cm³/mol. The molecule has 0 bridgehead atoms. The van der Waals surface area contributed by atoms with Crippen molar-refractivity contribution in [1.82, 2.24) is 0 Å². The molecule has 0 aliphatic heterocycles. The summed E-state index contributed by atoms with van der Waals surface area (Å²) in [6.45, 7) is 6.13. The lowest BCUT2D eigenvalue weighted by Crippen LogP contribution is -1.98. The molecule has 120 valence electrons. The van der Waals surface area contributed by atoms with Crippen LogP contribution in [0.1, 0.15) is 29.4 Å². The zero-order valence-corrected chi connectivity index (χ0v) is 15.6. The molecule has 0 aliphatic rings. The topological polar surface area (TPSA) is 67.8 Å². The van der Waals surface area contributed by atoms with E-state index in [1.54, 1.807) is 13.3 Å². The van der Waals surface area contributed by atoms with Crippen LogP contribution in [0.5, 0.6) is 11.5 Å². The number of aliphatic imine (C=N–C) groups is 1. The molecule has 0 saturated heterocycles. The van der Waals surface area contributed by atoms with Crippen LogP contribution in [0.2, 0.25) is 0 Å². The summed E-state index contributed by atoms with van der Waals surface area (Å²) in [5, 5.41) is 9.21. The third kappa shape index (κ3) is 3.67. The number of benzene rings is 1. The summed E-state index contributed by atoms with van der Waals surface area (Å²) in [4.78, 5) is 4.31. The van der Waals surface area contributed by atoms with Crippen molar-refractivity contribution in [3.63, 3.8) is 0 Å². The van der Waals surface area contributed by atoms with Crippen LogP contribution in [0.25, 0.3) is 0 Å². The van der Waals surface area contributed by atoms with Crippen LogP contribution < -0.4 is 9.47 Å². The molecule has 0 saturated carbocycles. The number of methoxy groups -OCH3 is 1. The van der Waals surface area contributed by atoms with Gasteiger partial charge in [0.05, 0.1) is 17.3 Å². The van der Waals surface area contributed by atoms with Gasteiger partial charge in [-0.2, -0.15) is 5.26 Å². The van der Waals surface area contributed by atoms with Crippen LogP contribution >= 0.6 is 22.6 Å². The van der Waals surface area contributed by atoms with Gasteiger partial charge in [0.25, 0.3) is 0 Å². The van der Waals surface area contributed by atoms with Crippen LogP contribution in [-0.4, -0.2) is 19.9 Å². The maximum atomic E-state index is 9.21. The van der Waals surface area contributed by atoms with E-state index < -0.39 is 0 Å². The predicted octanol–water partition coefficient (Wildman–Crippen LogP) is 4.53. The average Bonchev–Trinajstić information content (AvgIpc) is 2.79. The van der Waals surface area contributed by atoms with Crippen molar-refractivity contribution in [3.8, 4) is 17.6 Å². The number of halogens is 1. The van der Waals surface area contributed by atoms with Crippen molar-refractivity contribution in [2.45, 2.75) is 20.8 Å². The smallest absolute Gasteiger partial charge is 0.237 e. The van der Waals surface area contributed by atoms with E-state index in [-0.39, 0.29) is 0 Å². The Morgan fingerprint density at radius 1 is 1.39 bits per heavy atom. The molecule has 5 nitrogen and oxygen atoms in total. The Balaban J connectivity index is 2.41. The van der Waals surface area contributed by atoms with Gasteiger partial charge >= 0.3 is 0 Å².